The molecule has 0 fully saturated rings. The smallest absolute Gasteiger partial charge is 0.252 e. The van der Waals surface area contributed by atoms with E-state index >= 15 is 0 Å². The highest BCUT2D eigenvalue weighted by atomic mass is 35.5. The van der Waals surface area contributed by atoms with Crippen LogP contribution in [0.15, 0.2) is 6.20 Å². The molecule has 11 heavy (non-hydrogen) atoms. The van der Waals surface area contributed by atoms with Crippen molar-refractivity contribution in [2.24, 2.45) is 12.8 Å². The first-order valence-electron chi connectivity index (χ1n) is 3.15. The Balaban J connectivity index is 3.34. The third-order valence-electron chi connectivity index (χ3n) is 1.68. The molecule has 3 nitrogen and oxygen atoms in total. The Morgan fingerprint density at radius 1 is 1.73 bits per heavy atom. The first kappa shape index (κ1) is 8.14. The van der Waals surface area contributed by atoms with Crippen molar-refractivity contribution in [1.29, 1.82) is 0 Å². The Bertz CT molecular complexity index is 304. The molecule has 0 unspecified atom stereocenters. The Kier molecular flexibility index (Phi) is 1.91. The summed E-state index contributed by atoms with van der Waals surface area (Å²) in [5.41, 5.74) is 6.30. The van der Waals surface area contributed by atoms with Gasteiger partial charge in [0.25, 0.3) is 5.91 Å². The fraction of sp³-hybridized carbons (Fsp3) is 0.286. The number of carbonyl (C=O) groups excluding carboxylic acids is 1. The number of hydrogen-bond acceptors (Lipinski definition) is 1. The average molecular weight is 173 g/mol. The maximum Gasteiger partial charge on any atom is 0.252 e. The van der Waals surface area contributed by atoms with E-state index in [1.807, 2.05) is 7.05 Å². The van der Waals surface area contributed by atoms with Crippen LogP contribution in [0.25, 0.3) is 0 Å². The lowest BCUT2D eigenvalue weighted by Crippen LogP contribution is -2.12. The van der Waals surface area contributed by atoms with Gasteiger partial charge < -0.3 is 10.3 Å². The lowest BCUT2D eigenvalue weighted by molar-refractivity contribution is 0.1000. The highest BCUT2D eigenvalue weighted by Gasteiger charge is 2.13. The van der Waals surface area contributed by atoms with Crippen molar-refractivity contribution in [3.8, 4) is 0 Å². The van der Waals surface area contributed by atoms with Gasteiger partial charge in [0.15, 0.2) is 0 Å². The number of nitrogens with zero attached hydrogens (tertiary/aromatic N) is 1. The topological polar surface area (TPSA) is 48.0 Å². The number of hydrogen-bond donors (Lipinski definition) is 1. The molecule has 1 aromatic heterocycles. The number of rotatable bonds is 1. The fourth-order valence-electron chi connectivity index (χ4n) is 0.977. The normalized spacial score (nSPS) is 10.1. The molecular formula is C7H9ClN2O. The molecule has 0 aliphatic rings. The van der Waals surface area contributed by atoms with Gasteiger partial charge in [0.05, 0.1) is 10.6 Å². The van der Waals surface area contributed by atoms with E-state index in [1.54, 1.807) is 17.7 Å². The molecule has 0 atom stereocenters. The lowest BCUT2D eigenvalue weighted by Gasteiger charge is -1.96. The van der Waals surface area contributed by atoms with Crippen LogP contribution < -0.4 is 5.73 Å². The molecule has 0 aliphatic carbocycles. The zero-order chi connectivity index (χ0) is 8.59. The maximum absolute atomic E-state index is 10.8. The van der Waals surface area contributed by atoms with E-state index in [1.165, 1.54) is 0 Å². The lowest BCUT2D eigenvalue weighted by atomic mass is 10.2. The minimum Gasteiger partial charge on any atom is -0.365 e. The van der Waals surface area contributed by atoms with E-state index < -0.39 is 5.91 Å². The third-order valence-corrected chi connectivity index (χ3v) is 1.97. The maximum atomic E-state index is 10.8. The Labute approximate surface area is 69.8 Å². The second kappa shape index (κ2) is 2.58. The van der Waals surface area contributed by atoms with Crippen LogP contribution >= 0.6 is 11.6 Å². The molecule has 0 aromatic carbocycles. The van der Waals surface area contributed by atoms with E-state index in [-0.39, 0.29) is 0 Å². The second-order valence-electron chi connectivity index (χ2n) is 2.41. The van der Waals surface area contributed by atoms with Crippen LogP contribution in [0.5, 0.6) is 0 Å². The molecule has 1 amide bonds. The van der Waals surface area contributed by atoms with Gasteiger partial charge in [-0.2, -0.15) is 0 Å². The minimum absolute atomic E-state index is 0.411. The summed E-state index contributed by atoms with van der Waals surface area (Å²) in [7, 11) is 1.81. The summed E-state index contributed by atoms with van der Waals surface area (Å²) in [6.07, 6.45) is 1.66. The van der Waals surface area contributed by atoms with Gasteiger partial charge in [-0.1, -0.05) is 11.6 Å². The molecule has 60 valence electrons. The van der Waals surface area contributed by atoms with Gasteiger partial charge in [-0.3, -0.25) is 4.79 Å². The van der Waals surface area contributed by atoms with E-state index in [0.29, 0.717) is 10.6 Å². The van der Waals surface area contributed by atoms with E-state index in [0.717, 1.165) is 5.69 Å². The van der Waals surface area contributed by atoms with Gasteiger partial charge in [-0.05, 0) is 6.92 Å². The molecule has 4 heteroatoms. The number of amides is 1. The summed E-state index contributed by atoms with van der Waals surface area (Å²) < 4.78 is 1.77. The van der Waals surface area contributed by atoms with E-state index in [9.17, 15) is 4.79 Å². The van der Waals surface area contributed by atoms with Crippen LogP contribution in [0.4, 0.5) is 0 Å². The van der Waals surface area contributed by atoms with Crippen molar-refractivity contribution in [3.63, 3.8) is 0 Å². The standard InChI is InChI=1S/C7H9ClN2O/c1-4-6(7(9)11)5(8)3-10(4)2/h3H,1-2H3,(H2,9,11). The first-order chi connectivity index (χ1) is 5.04. The van der Waals surface area contributed by atoms with Crippen molar-refractivity contribution >= 4 is 17.5 Å². The van der Waals surface area contributed by atoms with Crippen LogP contribution in [0, 0.1) is 6.92 Å². The number of nitrogens with two attached hydrogens (primary N) is 1. The van der Waals surface area contributed by atoms with Crippen LogP contribution in [0.3, 0.4) is 0 Å². The molecule has 0 saturated carbocycles. The quantitative estimate of drug-likeness (QED) is 0.677. The first-order valence-corrected chi connectivity index (χ1v) is 3.53. The predicted molar refractivity (Wildman–Crippen MR) is 43.7 cm³/mol. The van der Waals surface area contributed by atoms with Crippen LogP contribution in [0.1, 0.15) is 16.1 Å². The monoisotopic (exact) mass is 172 g/mol. The van der Waals surface area contributed by atoms with Gasteiger partial charge in [0.1, 0.15) is 0 Å². The number of aromatic nitrogens is 1. The zero-order valence-electron chi connectivity index (χ0n) is 6.39. The van der Waals surface area contributed by atoms with Gasteiger partial charge in [0, 0.05) is 18.9 Å². The van der Waals surface area contributed by atoms with E-state index in [2.05, 4.69) is 0 Å². The summed E-state index contributed by atoms with van der Waals surface area (Å²) in [5, 5.41) is 0.414. The third kappa shape index (κ3) is 1.24. The number of carbonyl (C=O) groups is 1. The van der Waals surface area contributed by atoms with Gasteiger partial charge >= 0.3 is 0 Å². The molecule has 2 N–H and O–H groups in total. The van der Waals surface area contributed by atoms with Crippen molar-refractivity contribution in [3.05, 3.63) is 22.5 Å². The van der Waals surface area contributed by atoms with Gasteiger partial charge in [-0.25, -0.2) is 0 Å². The van der Waals surface area contributed by atoms with Crippen molar-refractivity contribution in [2.45, 2.75) is 6.92 Å². The molecule has 0 aliphatic heterocycles. The Morgan fingerprint density at radius 3 is 2.45 bits per heavy atom. The second-order valence-corrected chi connectivity index (χ2v) is 2.82. The number of aryl methyl sites for hydroxylation is 1. The SMILES string of the molecule is Cc1c(C(N)=O)c(Cl)cn1C. The summed E-state index contributed by atoms with van der Waals surface area (Å²) in [5.74, 6) is -0.479. The number of primary amides is 1. The zero-order valence-corrected chi connectivity index (χ0v) is 7.14. The number of halogens is 1. The minimum atomic E-state index is -0.479. The fourth-order valence-corrected chi connectivity index (χ4v) is 1.35. The molecule has 0 saturated heterocycles. The molecule has 1 heterocycles. The summed E-state index contributed by atoms with van der Waals surface area (Å²) >= 11 is 5.72. The molecular weight excluding hydrogens is 164 g/mol. The summed E-state index contributed by atoms with van der Waals surface area (Å²) in [6.45, 7) is 1.80. The van der Waals surface area contributed by atoms with Gasteiger partial charge in [0.2, 0.25) is 0 Å². The summed E-state index contributed by atoms with van der Waals surface area (Å²) in [6, 6.07) is 0. The largest absolute Gasteiger partial charge is 0.365 e. The summed E-state index contributed by atoms with van der Waals surface area (Å²) in [4.78, 5) is 10.8. The highest BCUT2D eigenvalue weighted by molar-refractivity contribution is 6.34. The molecule has 1 rings (SSSR count). The molecule has 0 radical (unpaired) electrons. The van der Waals surface area contributed by atoms with Crippen molar-refractivity contribution < 1.29 is 4.79 Å². The molecule has 0 bridgehead atoms. The average Bonchev–Trinajstić information content (AvgIpc) is 2.07. The van der Waals surface area contributed by atoms with Crippen LogP contribution in [0.2, 0.25) is 5.02 Å². The predicted octanol–water partition coefficient (Wildman–Crippen LogP) is 1.09. The molecule has 0 spiro atoms. The van der Waals surface area contributed by atoms with Crippen LogP contribution in [-0.2, 0) is 7.05 Å². The molecule has 1 aromatic rings. The van der Waals surface area contributed by atoms with Crippen molar-refractivity contribution in [1.82, 2.24) is 4.57 Å². The van der Waals surface area contributed by atoms with Gasteiger partial charge in [-0.15, -0.1) is 0 Å². The highest BCUT2D eigenvalue weighted by Crippen LogP contribution is 2.19. The Morgan fingerprint density at radius 2 is 2.27 bits per heavy atom. The van der Waals surface area contributed by atoms with E-state index in [4.69, 9.17) is 17.3 Å². The van der Waals surface area contributed by atoms with Crippen LogP contribution in [-0.4, -0.2) is 10.5 Å². The van der Waals surface area contributed by atoms with Crippen molar-refractivity contribution in [2.75, 3.05) is 0 Å². The Hall–Kier alpha value is -0.960.